The number of nitrogens with zero attached hydrogens (tertiary/aromatic N) is 5. The van der Waals surface area contributed by atoms with E-state index in [1.165, 1.54) is 12.1 Å². The second-order valence-electron chi connectivity index (χ2n) is 14.1. The number of halogens is 3. The zero-order valence-corrected chi connectivity index (χ0v) is 26.5. The van der Waals surface area contributed by atoms with Crippen molar-refractivity contribution in [2.75, 3.05) is 32.0 Å². The molecule has 0 radical (unpaired) electrons. The molecular weight excluding hydrogens is 627 g/mol. The van der Waals surface area contributed by atoms with Gasteiger partial charge in [-0.2, -0.15) is 15.2 Å². The summed E-state index contributed by atoms with van der Waals surface area (Å²) >= 11 is 0.895. The number of hydrogen-bond acceptors (Lipinski definition) is 9. The first-order chi connectivity index (χ1) is 22.8. The minimum atomic E-state index is -0.927. The van der Waals surface area contributed by atoms with Gasteiger partial charge >= 0.3 is 6.01 Å². The number of nitrogens with two attached hydrogens (primary N) is 1. The fourth-order valence-electron chi connectivity index (χ4n) is 9.58. The van der Waals surface area contributed by atoms with Crippen molar-refractivity contribution in [2.45, 2.75) is 75.2 Å². The van der Waals surface area contributed by atoms with Crippen molar-refractivity contribution < 1.29 is 17.9 Å². The Labute approximate surface area is 272 Å². The first kappa shape index (κ1) is 29.4. The Morgan fingerprint density at radius 1 is 1.21 bits per heavy atom. The molecule has 6 atom stereocenters. The van der Waals surface area contributed by atoms with E-state index >= 15 is 4.39 Å². The molecule has 3 N–H and O–H groups in total. The number of ether oxygens (including phenoxy) is 1. The van der Waals surface area contributed by atoms with E-state index in [0.717, 1.165) is 56.5 Å². The smallest absolute Gasteiger partial charge is 0.317 e. The summed E-state index contributed by atoms with van der Waals surface area (Å²) in [5.74, 6) is -0.707. The van der Waals surface area contributed by atoms with Crippen LogP contribution in [0, 0.1) is 34.8 Å². The van der Waals surface area contributed by atoms with Gasteiger partial charge in [0, 0.05) is 42.4 Å². The molecule has 0 spiro atoms. The zero-order valence-electron chi connectivity index (χ0n) is 25.7. The molecule has 1 aliphatic carbocycles. The number of nitrogen functional groups attached to an aromatic ring is 1. The second kappa shape index (κ2) is 10.6. The van der Waals surface area contributed by atoms with E-state index < -0.39 is 28.9 Å². The predicted octanol–water partition coefficient (Wildman–Crippen LogP) is 5.24. The molecule has 3 aromatic heterocycles. The zero-order chi connectivity index (χ0) is 32.2. The summed E-state index contributed by atoms with van der Waals surface area (Å²) < 4.78 is 54.5. The quantitative estimate of drug-likeness (QED) is 0.298. The van der Waals surface area contributed by atoms with Crippen LogP contribution in [0.15, 0.2) is 16.9 Å². The SMILES string of the molecule is N#Cc1c(N)sc2c(F)ccc(-c3c(F)c4nc(OC[C@@]56CCCN5C[C@H](F)C6)nc5c4n(c3=O)CCC5C3CC4CCC3CN4)c12. The van der Waals surface area contributed by atoms with E-state index in [2.05, 4.69) is 15.2 Å². The van der Waals surface area contributed by atoms with Crippen LogP contribution in [0.3, 0.4) is 0 Å². The molecule has 10 rings (SSSR count). The van der Waals surface area contributed by atoms with Crippen molar-refractivity contribution in [3.05, 3.63) is 45.4 Å². The summed E-state index contributed by atoms with van der Waals surface area (Å²) in [7, 11) is 0. The van der Waals surface area contributed by atoms with Gasteiger partial charge in [0.25, 0.3) is 5.56 Å². The van der Waals surface area contributed by atoms with Crippen LogP contribution >= 0.6 is 11.3 Å². The summed E-state index contributed by atoms with van der Waals surface area (Å²) in [6, 6.07) is 4.96. The Bertz CT molecular complexity index is 2070. The van der Waals surface area contributed by atoms with Crippen LogP contribution < -0.4 is 21.3 Å². The van der Waals surface area contributed by atoms with Crippen molar-refractivity contribution >= 4 is 37.5 Å². The van der Waals surface area contributed by atoms with Gasteiger partial charge in [-0.15, -0.1) is 11.3 Å². The van der Waals surface area contributed by atoms with Gasteiger partial charge < -0.3 is 20.4 Å². The first-order valence-electron chi connectivity index (χ1n) is 16.6. The number of anilines is 1. The van der Waals surface area contributed by atoms with Crippen LogP contribution in [0.5, 0.6) is 6.01 Å². The lowest BCUT2D eigenvalue weighted by Crippen LogP contribution is -2.51. The Hall–Kier alpha value is -3.73. The maximum Gasteiger partial charge on any atom is 0.317 e. The maximum atomic E-state index is 17.1. The topological polar surface area (TPSA) is 122 Å². The van der Waals surface area contributed by atoms with Gasteiger partial charge in [0.15, 0.2) is 5.82 Å². The third-order valence-electron chi connectivity index (χ3n) is 11.7. The number of rotatable bonds is 5. The van der Waals surface area contributed by atoms with E-state index in [4.69, 9.17) is 15.5 Å². The number of nitriles is 1. The summed E-state index contributed by atoms with van der Waals surface area (Å²) in [5.41, 5.74) is 5.80. The number of piperidine rings is 2. The van der Waals surface area contributed by atoms with Crippen molar-refractivity contribution in [1.82, 2.24) is 24.8 Å². The third-order valence-corrected chi connectivity index (χ3v) is 12.8. The number of aromatic nitrogens is 3. The summed E-state index contributed by atoms with van der Waals surface area (Å²) in [6.07, 6.45) is 5.08. The number of aryl methyl sites for hydroxylation is 1. The first-order valence-corrected chi connectivity index (χ1v) is 17.4. The number of pyridine rings is 1. The summed E-state index contributed by atoms with van der Waals surface area (Å²) in [4.78, 5) is 26.0. The van der Waals surface area contributed by atoms with Gasteiger partial charge in [0.2, 0.25) is 0 Å². The van der Waals surface area contributed by atoms with Gasteiger partial charge in [-0.1, -0.05) is 6.07 Å². The maximum absolute atomic E-state index is 17.1. The Kier molecular flexibility index (Phi) is 6.66. The molecule has 4 unspecified atom stereocenters. The summed E-state index contributed by atoms with van der Waals surface area (Å²) in [6.45, 7) is 2.65. The van der Waals surface area contributed by atoms with Gasteiger partial charge in [0.1, 0.15) is 35.2 Å². The molecule has 5 fully saturated rings. The van der Waals surface area contributed by atoms with Crippen LogP contribution in [0.1, 0.15) is 62.1 Å². The van der Waals surface area contributed by atoms with Gasteiger partial charge in [-0.05, 0) is 69.5 Å². The highest BCUT2D eigenvalue weighted by atomic mass is 32.1. The van der Waals surface area contributed by atoms with E-state index in [1.807, 2.05) is 6.07 Å². The summed E-state index contributed by atoms with van der Waals surface area (Å²) in [5, 5.41) is 13.7. The number of hydrogen-bond donors (Lipinski definition) is 2. The lowest BCUT2D eigenvalue weighted by atomic mass is 9.65. The molecule has 6 aliphatic rings. The second-order valence-corrected chi connectivity index (χ2v) is 15.1. The molecule has 9 nitrogen and oxygen atoms in total. The van der Waals surface area contributed by atoms with Gasteiger partial charge in [0.05, 0.1) is 32.6 Å². The molecule has 1 saturated carbocycles. The molecule has 0 amide bonds. The molecule has 4 saturated heterocycles. The van der Waals surface area contributed by atoms with E-state index in [-0.39, 0.29) is 55.8 Å². The average molecular weight is 662 g/mol. The predicted molar refractivity (Wildman–Crippen MR) is 172 cm³/mol. The molecule has 47 heavy (non-hydrogen) atoms. The van der Waals surface area contributed by atoms with Crippen LogP contribution in [0.25, 0.3) is 32.2 Å². The molecule has 4 aromatic rings. The van der Waals surface area contributed by atoms with Crippen molar-refractivity contribution in [3.63, 3.8) is 0 Å². The number of thiophene rings is 1. The molecule has 1 aromatic carbocycles. The highest BCUT2D eigenvalue weighted by Gasteiger charge is 2.50. The molecule has 13 heteroatoms. The third kappa shape index (κ3) is 4.30. The molecule has 244 valence electrons. The van der Waals surface area contributed by atoms with Crippen LogP contribution in [0.2, 0.25) is 0 Å². The fraction of sp³-hybridized carbons (Fsp3) is 0.529. The Balaban J connectivity index is 1.24. The highest BCUT2D eigenvalue weighted by Crippen LogP contribution is 2.48. The van der Waals surface area contributed by atoms with Crippen molar-refractivity contribution in [3.8, 4) is 23.2 Å². The standard InChI is InChI=1S/C34H34F3N7O2S/c35-17-11-34(7-1-8-43(34)14-17)15-46-33-41-27-19(21-10-18-3-2-16(21)13-40-18)6-9-44-29(27)28(42-33)26(37)25(32(44)45)20-4-5-23(36)30-24(20)22(12-38)31(39)47-30/h4-5,16-19,21,40H,1-3,6-11,13-15,39H2/t16?,17-,18?,19?,21?,34+/m1/s1. The van der Waals surface area contributed by atoms with E-state index in [0.29, 0.717) is 55.0 Å². The number of alkyl halides is 1. The lowest BCUT2D eigenvalue weighted by molar-refractivity contribution is 0.0990. The van der Waals surface area contributed by atoms with E-state index in [9.17, 15) is 18.8 Å². The highest BCUT2D eigenvalue weighted by molar-refractivity contribution is 7.23. The molecular formula is C34H34F3N7O2S. The molecule has 8 heterocycles. The molecule has 5 aliphatic heterocycles. The Morgan fingerprint density at radius 2 is 2.09 bits per heavy atom. The fourth-order valence-corrected chi connectivity index (χ4v) is 10.5. The average Bonchev–Trinajstić information content (AvgIpc) is 3.73. The Morgan fingerprint density at radius 3 is 2.85 bits per heavy atom. The minimum absolute atomic E-state index is 0.00793. The monoisotopic (exact) mass is 661 g/mol. The van der Waals surface area contributed by atoms with Gasteiger partial charge in [-0.25, -0.2) is 13.2 Å². The van der Waals surface area contributed by atoms with Crippen molar-refractivity contribution in [2.24, 2.45) is 11.8 Å². The minimum Gasteiger partial charge on any atom is -0.461 e. The van der Waals surface area contributed by atoms with Gasteiger partial charge in [-0.3, -0.25) is 9.69 Å². The number of benzene rings is 1. The number of nitrogens with one attached hydrogen (secondary N) is 1. The van der Waals surface area contributed by atoms with Crippen molar-refractivity contribution in [1.29, 1.82) is 5.26 Å². The van der Waals surface area contributed by atoms with Crippen LogP contribution in [-0.4, -0.2) is 63.4 Å². The number of fused-ring (bicyclic) bond motifs is 5. The largest absolute Gasteiger partial charge is 0.461 e. The van der Waals surface area contributed by atoms with Crippen LogP contribution in [-0.2, 0) is 6.54 Å². The van der Waals surface area contributed by atoms with E-state index in [1.54, 1.807) is 4.57 Å². The normalized spacial score (nSPS) is 29.9. The molecule has 2 bridgehead atoms. The van der Waals surface area contributed by atoms with Crippen LogP contribution in [0.4, 0.5) is 18.2 Å². The lowest BCUT2D eigenvalue weighted by Gasteiger charge is -2.47.